The van der Waals surface area contributed by atoms with Gasteiger partial charge in [0.05, 0.1) is 17.1 Å². The minimum atomic E-state index is -4.63. The van der Waals surface area contributed by atoms with E-state index in [1.165, 1.54) is 6.07 Å². The van der Waals surface area contributed by atoms with Crippen molar-refractivity contribution in [3.63, 3.8) is 0 Å². The van der Waals surface area contributed by atoms with Gasteiger partial charge in [-0.2, -0.15) is 18.3 Å². The van der Waals surface area contributed by atoms with Crippen molar-refractivity contribution >= 4 is 40.8 Å². The molecule has 2 aromatic heterocycles. The number of fused-ring (bicyclic) bond motifs is 1. The standard InChI is InChI=1S/C24H17ClF3N5OS/c25-19-5-4-17(13-18(19)24(26,27)28)31-23(34)30-16-3-1-2-15(12-16)21-20(14-6-8-29-9-7-14)22-33(32-21)10-11-35-22/h1-9,12-13H,10-11H2,(H2,30,31,34). The van der Waals surface area contributed by atoms with Crippen LogP contribution in [0.3, 0.4) is 0 Å². The second-order valence-electron chi connectivity index (χ2n) is 7.69. The first-order chi connectivity index (χ1) is 16.8. The first-order valence-corrected chi connectivity index (χ1v) is 11.8. The van der Waals surface area contributed by atoms with Crippen LogP contribution < -0.4 is 10.6 Å². The predicted octanol–water partition coefficient (Wildman–Crippen LogP) is 7.03. The van der Waals surface area contributed by atoms with Crippen LogP contribution in [0, 0.1) is 0 Å². The van der Waals surface area contributed by atoms with Gasteiger partial charge in [0.1, 0.15) is 10.7 Å². The third kappa shape index (κ3) is 4.85. The summed E-state index contributed by atoms with van der Waals surface area (Å²) in [6.07, 6.45) is -1.17. The Balaban J connectivity index is 1.40. The molecule has 178 valence electrons. The molecule has 2 N–H and O–H groups in total. The zero-order valence-corrected chi connectivity index (χ0v) is 19.5. The zero-order valence-electron chi connectivity index (χ0n) is 17.9. The number of carbonyl (C=O) groups excluding carboxylic acids is 1. The van der Waals surface area contributed by atoms with Gasteiger partial charge in [-0.05, 0) is 48.0 Å². The van der Waals surface area contributed by atoms with Crippen molar-refractivity contribution < 1.29 is 18.0 Å². The lowest BCUT2D eigenvalue weighted by Gasteiger charge is -2.13. The van der Waals surface area contributed by atoms with Crippen molar-refractivity contribution in [1.29, 1.82) is 0 Å². The first-order valence-electron chi connectivity index (χ1n) is 10.5. The molecule has 1 aliphatic rings. The van der Waals surface area contributed by atoms with Crippen LogP contribution in [0.2, 0.25) is 5.02 Å². The number of anilines is 2. The van der Waals surface area contributed by atoms with Crippen LogP contribution >= 0.6 is 23.4 Å². The van der Waals surface area contributed by atoms with Crippen molar-refractivity contribution in [2.24, 2.45) is 0 Å². The highest BCUT2D eigenvalue weighted by molar-refractivity contribution is 7.99. The van der Waals surface area contributed by atoms with E-state index in [9.17, 15) is 18.0 Å². The van der Waals surface area contributed by atoms with Crippen LogP contribution in [-0.4, -0.2) is 26.5 Å². The minimum Gasteiger partial charge on any atom is -0.308 e. The number of carbonyl (C=O) groups is 1. The van der Waals surface area contributed by atoms with E-state index in [4.69, 9.17) is 16.7 Å². The van der Waals surface area contributed by atoms with Crippen LogP contribution in [0.25, 0.3) is 22.4 Å². The summed E-state index contributed by atoms with van der Waals surface area (Å²) in [5.41, 5.74) is 2.97. The van der Waals surface area contributed by atoms with E-state index in [2.05, 4.69) is 15.6 Å². The Labute approximate surface area is 207 Å². The molecule has 6 nitrogen and oxygen atoms in total. The molecule has 0 aliphatic carbocycles. The van der Waals surface area contributed by atoms with E-state index in [0.29, 0.717) is 5.69 Å². The maximum absolute atomic E-state index is 13.1. The topological polar surface area (TPSA) is 71.8 Å². The second kappa shape index (κ2) is 9.27. The molecule has 2 aromatic carbocycles. The zero-order chi connectivity index (χ0) is 24.6. The Morgan fingerprint density at radius 1 is 1.00 bits per heavy atom. The molecule has 11 heteroatoms. The third-order valence-corrected chi connectivity index (χ3v) is 6.74. The maximum atomic E-state index is 13.1. The van der Waals surface area contributed by atoms with Gasteiger partial charge < -0.3 is 10.6 Å². The van der Waals surface area contributed by atoms with Gasteiger partial charge in [-0.25, -0.2) is 4.79 Å². The minimum absolute atomic E-state index is 0.0297. The summed E-state index contributed by atoms with van der Waals surface area (Å²) in [5.74, 6) is 0.948. The first kappa shape index (κ1) is 23.3. The number of pyridine rings is 1. The summed E-state index contributed by atoms with van der Waals surface area (Å²) in [5, 5.41) is 10.5. The SMILES string of the molecule is O=C(Nc1cccc(-c2nn3c(c2-c2ccncc2)SCC3)c1)Nc1ccc(Cl)c(C(F)(F)F)c1. The number of alkyl halides is 3. The van der Waals surface area contributed by atoms with E-state index in [1.807, 2.05) is 22.9 Å². The lowest BCUT2D eigenvalue weighted by molar-refractivity contribution is -0.137. The normalized spacial score (nSPS) is 12.9. The Morgan fingerprint density at radius 2 is 1.74 bits per heavy atom. The number of amides is 2. The molecule has 3 heterocycles. The molecule has 0 radical (unpaired) electrons. The molecular formula is C24H17ClF3N5OS. The van der Waals surface area contributed by atoms with Crippen molar-refractivity contribution in [2.45, 2.75) is 17.7 Å². The molecule has 4 aromatic rings. The molecule has 2 amide bonds. The van der Waals surface area contributed by atoms with Gasteiger partial charge in [-0.1, -0.05) is 23.7 Å². The number of halogens is 4. The summed E-state index contributed by atoms with van der Waals surface area (Å²) in [4.78, 5) is 16.6. The molecular weight excluding hydrogens is 499 g/mol. The molecule has 1 aliphatic heterocycles. The van der Waals surface area contributed by atoms with Gasteiger partial charge in [0.25, 0.3) is 0 Å². The van der Waals surface area contributed by atoms with E-state index in [1.54, 1.807) is 42.4 Å². The maximum Gasteiger partial charge on any atom is 0.417 e. The number of hydrogen-bond acceptors (Lipinski definition) is 4. The van der Waals surface area contributed by atoms with Gasteiger partial charge in [0.15, 0.2) is 0 Å². The van der Waals surface area contributed by atoms with Crippen molar-refractivity contribution in [1.82, 2.24) is 14.8 Å². The lowest BCUT2D eigenvalue weighted by Crippen LogP contribution is -2.20. The van der Waals surface area contributed by atoms with Gasteiger partial charge in [-0.3, -0.25) is 9.67 Å². The molecule has 35 heavy (non-hydrogen) atoms. The number of rotatable bonds is 4. The second-order valence-corrected chi connectivity index (χ2v) is 9.18. The van der Waals surface area contributed by atoms with Crippen molar-refractivity contribution in [3.05, 3.63) is 77.6 Å². The average molecular weight is 516 g/mol. The highest BCUT2D eigenvalue weighted by atomic mass is 35.5. The predicted molar refractivity (Wildman–Crippen MR) is 131 cm³/mol. The number of hydrogen-bond donors (Lipinski definition) is 2. The largest absolute Gasteiger partial charge is 0.417 e. The number of urea groups is 1. The van der Waals surface area contributed by atoms with Crippen LogP contribution in [0.1, 0.15) is 5.56 Å². The Kier molecular flexibility index (Phi) is 6.16. The van der Waals surface area contributed by atoms with E-state index < -0.39 is 22.8 Å². The summed E-state index contributed by atoms with van der Waals surface area (Å²) in [7, 11) is 0. The summed E-state index contributed by atoms with van der Waals surface area (Å²) < 4.78 is 41.3. The molecule has 0 unspecified atom stereocenters. The van der Waals surface area contributed by atoms with Gasteiger partial charge in [-0.15, -0.1) is 11.8 Å². The Hall–Kier alpha value is -3.50. The summed E-state index contributed by atoms with van der Waals surface area (Å²) >= 11 is 7.38. The van der Waals surface area contributed by atoms with E-state index in [-0.39, 0.29) is 5.69 Å². The van der Waals surface area contributed by atoms with Crippen LogP contribution in [-0.2, 0) is 12.7 Å². The number of thioether (sulfide) groups is 1. The molecule has 0 atom stereocenters. The van der Waals surface area contributed by atoms with Gasteiger partial charge in [0.2, 0.25) is 0 Å². The van der Waals surface area contributed by atoms with Gasteiger partial charge >= 0.3 is 12.2 Å². The quantitative estimate of drug-likeness (QED) is 0.306. The van der Waals surface area contributed by atoms with Crippen molar-refractivity contribution in [2.75, 3.05) is 16.4 Å². The number of aromatic nitrogens is 3. The smallest absolute Gasteiger partial charge is 0.308 e. The average Bonchev–Trinajstić information content (AvgIpc) is 3.42. The fraction of sp³-hybridized carbons (Fsp3) is 0.125. The lowest BCUT2D eigenvalue weighted by atomic mass is 10.0. The molecule has 5 rings (SSSR count). The van der Waals surface area contributed by atoms with Crippen molar-refractivity contribution in [3.8, 4) is 22.4 Å². The molecule has 0 saturated carbocycles. The Bertz CT molecular complexity index is 1410. The van der Waals surface area contributed by atoms with Crippen LogP contribution in [0.4, 0.5) is 29.3 Å². The van der Waals surface area contributed by atoms with Gasteiger partial charge in [0, 0.05) is 40.6 Å². The summed E-state index contributed by atoms with van der Waals surface area (Å²) in [6.45, 7) is 0.805. The molecule has 0 bridgehead atoms. The molecule has 0 spiro atoms. The fourth-order valence-electron chi connectivity index (χ4n) is 3.81. The molecule has 0 fully saturated rings. The fourth-order valence-corrected chi connectivity index (χ4v) is 5.13. The van der Waals surface area contributed by atoms with E-state index in [0.717, 1.165) is 51.8 Å². The third-order valence-electron chi connectivity index (χ3n) is 5.34. The number of aryl methyl sites for hydroxylation is 1. The number of benzene rings is 2. The Morgan fingerprint density at radius 3 is 2.49 bits per heavy atom. The monoisotopic (exact) mass is 515 g/mol. The number of nitrogens with one attached hydrogen (secondary N) is 2. The van der Waals surface area contributed by atoms with Crippen LogP contribution in [0.5, 0.6) is 0 Å². The van der Waals surface area contributed by atoms with Crippen LogP contribution in [0.15, 0.2) is 72.0 Å². The number of nitrogens with zero attached hydrogens (tertiary/aromatic N) is 3. The molecule has 0 saturated heterocycles. The van der Waals surface area contributed by atoms with E-state index >= 15 is 0 Å². The highest BCUT2D eigenvalue weighted by Gasteiger charge is 2.33. The summed E-state index contributed by atoms with van der Waals surface area (Å²) in [6, 6.07) is 13.5. The highest BCUT2D eigenvalue weighted by Crippen LogP contribution is 2.42.